The monoisotopic (exact) mass is 298 g/mol. The van der Waals surface area contributed by atoms with Gasteiger partial charge in [-0.15, -0.1) is 0 Å². The summed E-state index contributed by atoms with van der Waals surface area (Å²) in [7, 11) is 2.89. The summed E-state index contributed by atoms with van der Waals surface area (Å²) in [5.41, 5.74) is 1.13. The second-order valence-electron chi connectivity index (χ2n) is 4.81. The lowest BCUT2D eigenvalue weighted by Crippen LogP contribution is -2.38. The normalized spacial score (nSPS) is 19.5. The van der Waals surface area contributed by atoms with E-state index in [4.69, 9.17) is 14.2 Å². The summed E-state index contributed by atoms with van der Waals surface area (Å²) in [6.45, 7) is 0. The predicted molar refractivity (Wildman–Crippen MR) is 77.9 cm³/mol. The van der Waals surface area contributed by atoms with Crippen molar-refractivity contribution in [2.45, 2.75) is 5.79 Å². The first-order valence-corrected chi connectivity index (χ1v) is 6.69. The highest BCUT2D eigenvalue weighted by atomic mass is 16.7. The summed E-state index contributed by atoms with van der Waals surface area (Å²) in [5.74, 6) is -2.11. The highest BCUT2D eigenvalue weighted by Gasteiger charge is 2.52. The van der Waals surface area contributed by atoms with Crippen molar-refractivity contribution in [1.29, 1.82) is 0 Å². The van der Waals surface area contributed by atoms with Gasteiger partial charge in [-0.2, -0.15) is 0 Å². The third kappa shape index (κ3) is 1.98. The molecular formula is C17H14O5. The van der Waals surface area contributed by atoms with Crippen LogP contribution in [0.25, 0.3) is 0 Å². The molecular weight excluding hydrogens is 284 g/mol. The van der Waals surface area contributed by atoms with Crippen LogP contribution in [-0.4, -0.2) is 26.0 Å². The minimum Gasteiger partial charge on any atom is -0.497 e. The lowest BCUT2D eigenvalue weighted by molar-refractivity contribution is -0.149. The number of hydrogen-bond donors (Lipinski definition) is 0. The lowest BCUT2D eigenvalue weighted by Gasteiger charge is -2.25. The first-order chi connectivity index (χ1) is 10.6. The number of ether oxygens (including phenoxy) is 3. The van der Waals surface area contributed by atoms with Gasteiger partial charge in [0.2, 0.25) is 5.78 Å². The number of cyclic esters (lactones) is 1. The van der Waals surface area contributed by atoms with E-state index in [2.05, 4.69) is 0 Å². The Morgan fingerprint density at radius 1 is 1.05 bits per heavy atom. The molecule has 1 atom stereocenters. The number of esters is 1. The van der Waals surface area contributed by atoms with Crippen LogP contribution < -0.4 is 4.74 Å². The van der Waals surface area contributed by atoms with Crippen molar-refractivity contribution in [1.82, 2.24) is 0 Å². The van der Waals surface area contributed by atoms with Gasteiger partial charge in [0, 0.05) is 18.2 Å². The Kier molecular flexibility index (Phi) is 3.42. The highest BCUT2D eigenvalue weighted by molar-refractivity contribution is 6.08. The van der Waals surface area contributed by atoms with Crippen LogP contribution in [-0.2, 0) is 15.3 Å². The number of ketones is 1. The van der Waals surface area contributed by atoms with Crippen LogP contribution in [0.15, 0.2) is 48.5 Å². The van der Waals surface area contributed by atoms with Crippen LogP contribution in [0.3, 0.4) is 0 Å². The fraction of sp³-hybridized carbons (Fsp3) is 0.176. The van der Waals surface area contributed by atoms with E-state index in [1.54, 1.807) is 55.6 Å². The summed E-state index contributed by atoms with van der Waals surface area (Å²) < 4.78 is 15.7. The van der Waals surface area contributed by atoms with Gasteiger partial charge < -0.3 is 14.2 Å². The average Bonchev–Trinajstić information content (AvgIpc) is 2.88. The Balaban J connectivity index is 2.07. The third-order valence-corrected chi connectivity index (χ3v) is 3.68. The molecule has 3 rings (SSSR count). The molecule has 0 spiro atoms. The summed E-state index contributed by atoms with van der Waals surface area (Å²) >= 11 is 0. The molecule has 0 saturated carbocycles. The lowest BCUT2D eigenvalue weighted by atomic mass is 9.94. The van der Waals surface area contributed by atoms with Gasteiger partial charge in [-0.3, -0.25) is 4.79 Å². The van der Waals surface area contributed by atoms with Crippen molar-refractivity contribution in [2.75, 3.05) is 14.2 Å². The Morgan fingerprint density at radius 2 is 1.73 bits per heavy atom. The number of benzene rings is 2. The SMILES string of the molecule is COc1ccc(C(=O)C2(OC)OC(=O)c3ccccc32)cc1. The third-order valence-electron chi connectivity index (χ3n) is 3.68. The molecule has 0 saturated heterocycles. The first-order valence-electron chi connectivity index (χ1n) is 6.69. The van der Waals surface area contributed by atoms with Crippen molar-refractivity contribution in [3.05, 3.63) is 65.2 Å². The van der Waals surface area contributed by atoms with Gasteiger partial charge in [0.15, 0.2) is 0 Å². The zero-order chi connectivity index (χ0) is 15.7. The van der Waals surface area contributed by atoms with Crippen LogP contribution in [0.4, 0.5) is 0 Å². The van der Waals surface area contributed by atoms with Crippen LogP contribution in [0.5, 0.6) is 5.75 Å². The Bertz CT molecular complexity index is 735. The molecule has 0 aromatic heterocycles. The van der Waals surface area contributed by atoms with Crippen LogP contribution in [0.1, 0.15) is 26.3 Å². The fourth-order valence-corrected chi connectivity index (χ4v) is 2.53. The Hall–Kier alpha value is -2.66. The maximum Gasteiger partial charge on any atom is 0.341 e. The maximum atomic E-state index is 12.9. The molecule has 2 aromatic carbocycles. The average molecular weight is 298 g/mol. The number of rotatable bonds is 4. The van der Waals surface area contributed by atoms with E-state index in [0.29, 0.717) is 22.4 Å². The van der Waals surface area contributed by atoms with E-state index in [-0.39, 0.29) is 0 Å². The molecule has 0 bridgehead atoms. The van der Waals surface area contributed by atoms with Crippen molar-refractivity contribution in [3.63, 3.8) is 0 Å². The highest BCUT2D eigenvalue weighted by Crippen LogP contribution is 2.39. The van der Waals surface area contributed by atoms with Crippen LogP contribution >= 0.6 is 0 Å². The number of carbonyl (C=O) groups excluding carboxylic acids is 2. The van der Waals surface area contributed by atoms with Gasteiger partial charge >= 0.3 is 11.8 Å². The van der Waals surface area contributed by atoms with Gasteiger partial charge in [-0.25, -0.2) is 4.79 Å². The number of Topliss-reactive ketones (excluding diaryl/α,β-unsaturated/α-hetero) is 1. The van der Waals surface area contributed by atoms with Gasteiger partial charge in [0.05, 0.1) is 12.7 Å². The number of carbonyl (C=O) groups is 2. The van der Waals surface area contributed by atoms with E-state index in [1.165, 1.54) is 7.11 Å². The van der Waals surface area contributed by atoms with Crippen molar-refractivity contribution >= 4 is 11.8 Å². The molecule has 1 unspecified atom stereocenters. The number of fused-ring (bicyclic) bond motifs is 1. The molecule has 0 N–H and O–H groups in total. The predicted octanol–water partition coefficient (Wildman–Crippen LogP) is 2.55. The molecule has 0 amide bonds. The summed E-state index contributed by atoms with van der Waals surface area (Å²) in [6.07, 6.45) is 0. The molecule has 112 valence electrons. The summed E-state index contributed by atoms with van der Waals surface area (Å²) in [6, 6.07) is 13.3. The summed E-state index contributed by atoms with van der Waals surface area (Å²) in [5, 5.41) is 0. The second kappa shape index (κ2) is 5.27. The Morgan fingerprint density at radius 3 is 2.36 bits per heavy atom. The van der Waals surface area contributed by atoms with E-state index >= 15 is 0 Å². The molecule has 1 aliphatic heterocycles. The molecule has 1 aliphatic rings. The zero-order valence-electron chi connectivity index (χ0n) is 12.2. The van der Waals surface area contributed by atoms with E-state index in [0.717, 1.165) is 0 Å². The van der Waals surface area contributed by atoms with Crippen molar-refractivity contribution < 1.29 is 23.8 Å². The van der Waals surface area contributed by atoms with E-state index in [9.17, 15) is 9.59 Å². The van der Waals surface area contributed by atoms with Gasteiger partial charge in [-0.05, 0) is 30.3 Å². The van der Waals surface area contributed by atoms with Gasteiger partial charge in [0.25, 0.3) is 0 Å². The largest absolute Gasteiger partial charge is 0.497 e. The van der Waals surface area contributed by atoms with Gasteiger partial charge in [0.1, 0.15) is 5.75 Å². The number of methoxy groups -OCH3 is 2. The second-order valence-corrected chi connectivity index (χ2v) is 4.81. The Labute approximate surface area is 127 Å². The zero-order valence-corrected chi connectivity index (χ0v) is 12.2. The quantitative estimate of drug-likeness (QED) is 0.641. The molecule has 0 fully saturated rings. The van der Waals surface area contributed by atoms with E-state index in [1.807, 2.05) is 0 Å². The van der Waals surface area contributed by atoms with Crippen molar-refractivity contribution in [3.8, 4) is 5.75 Å². The van der Waals surface area contributed by atoms with Crippen LogP contribution in [0.2, 0.25) is 0 Å². The van der Waals surface area contributed by atoms with Crippen LogP contribution in [0, 0.1) is 0 Å². The molecule has 5 heteroatoms. The summed E-state index contributed by atoms with van der Waals surface area (Å²) in [4.78, 5) is 24.9. The topological polar surface area (TPSA) is 61.8 Å². The number of hydrogen-bond acceptors (Lipinski definition) is 5. The standard InChI is InChI=1S/C17H14O5/c1-20-12-9-7-11(8-10-12)15(18)17(21-2)14-6-4-3-5-13(14)16(19)22-17/h3-10H,1-2H3. The first kappa shape index (κ1) is 14.3. The minimum absolute atomic E-state index is 0.339. The molecule has 0 aliphatic carbocycles. The fourth-order valence-electron chi connectivity index (χ4n) is 2.53. The molecule has 0 radical (unpaired) electrons. The smallest absolute Gasteiger partial charge is 0.341 e. The minimum atomic E-state index is -1.73. The van der Waals surface area contributed by atoms with Gasteiger partial charge in [-0.1, -0.05) is 18.2 Å². The van der Waals surface area contributed by atoms with Crippen molar-refractivity contribution in [2.24, 2.45) is 0 Å². The van der Waals surface area contributed by atoms with E-state index < -0.39 is 17.5 Å². The molecule has 2 aromatic rings. The molecule has 22 heavy (non-hydrogen) atoms. The molecule has 5 nitrogen and oxygen atoms in total. The molecule has 1 heterocycles. The maximum absolute atomic E-state index is 12.9.